The molecular formula is C47H29N5. The Bertz CT molecular complexity index is 3160. The highest BCUT2D eigenvalue weighted by atomic mass is 15.1. The summed E-state index contributed by atoms with van der Waals surface area (Å²) in [4.78, 5) is 15.1. The van der Waals surface area contributed by atoms with Gasteiger partial charge in [-0.3, -0.25) is 9.55 Å². The molecule has 5 heteroatoms. The van der Waals surface area contributed by atoms with E-state index >= 15 is 0 Å². The Hall–Kier alpha value is -7.11. The van der Waals surface area contributed by atoms with E-state index in [9.17, 15) is 0 Å². The molecule has 0 saturated carbocycles. The molecule has 0 aliphatic heterocycles. The summed E-state index contributed by atoms with van der Waals surface area (Å²) in [7, 11) is 0. The molecule has 0 N–H and O–H groups in total. The molecule has 0 bridgehead atoms. The van der Waals surface area contributed by atoms with Gasteiger partial charge in [-0.1, -0.05) is 109 Å². The van der Waals surface area contributed by atoms with Crippen LogP contribution in [0.1, 0.15) is 0 Å². The van der Waals surface area contributed by atoms with Gasteiger partial charge in [0.25, 0.3) is 0 Å². The van der Waals surface area contributed by atoms with E-state index in [4.69, 9.17) is 9.97 Å². The summed E-state index contributed by atoms with van der Waals surface area (Å²) < 4.78 is 4.72. The van der Waals surface area contributed by atoms with Gasteiger partial charge in [-0.25, -0.2) is 9.97 Å². The molecule has 0 spiro atoms. The first-order valence-electron chi connectivity index (χ1n) is 17.5. The van der Waals surface area contributed by atoms with Crippen molar-refractivity contribution in [2.75, 3.05) is 0 Å². The molecule has 0 saturated heterocycles. The fraction of sp³-hybridized carbons (Fsp3) is 0. The third-order valence-electron chi connectivity index (χ3n) is 10.4. The lowest BCUT2D eigenvalue weighted by molar-refractivity contribution is 1.08. The standard InChI is InChI=1S/C47H29N5/c1-2-13-34(14-3-1)51-41-19-9-6-16-36(41)37-27-38-44(28-43(37)51)52(42-25-24-31-11-4-5-15-35(31)45(38)42)47-46(49-39-17-7-8-18-40(39)50-47)32-22-20-30(21-23-32)33-12-10-26-48-29-33/h1-29H. The zero-order chi connectivity index (χ0) is 34.2. The molecule has 0 unspecified atom stereocenters. The Morgan fingerprint density at radius 2 is 1.12 bits per heavy atom. The molecule has 0 amide bonds. The van der Waals surface area contributed by atoms with Crippen LogP contribution in [0.5, 0.6) is 0 Å². The predicted molar refractivity (Wildman–Crippen MR) is 214 cm³/mol. The number of hydrogen-bond acceptors (Lipinski definition) is 3. The summed E-state index contributed by atoms with van der Waals surface area (Å²) in [5.74, 6) is 0.796. The van der Waals surface area contributed by atoms with Gasteiger partial charge in [0.15, 0.2) is 5.82 Å². The monoisotopic (exact) mass is 663 g/mol. The molecular weight excluding hydrogens is 635 g/mol. The van der Waals surface area contributed by atoms with Gasteiger partial charge in [-0.05, 0) is 76.5 Å². The smallest absolute Gasteiger partial charge is 0.165 e. The highest BCUT2D eigenvalue weighted by Crippen LogP contribution is 2.43. The average molecular weight is 664 g/mol. The van der Waals surface area contributed by atoms with Crippen LogP contribution < -0.4 is 0 Å². The lowest BCUT2D eigenvalue weighted by atomic mass is 10.0. The zero-order valence-electron chi connectivity index (χ0n) is 28.0. The first kappa shape index (κ1) is 28.7. The quantitative estimate of drug-likeness (QED) is 0.188. The van der Waals surface area contributed by atoms with E-state index in [1.807, 2.05) is 30.5 Å². The Labute approximate surface area is 298 Å². The number of nitrogens with zero attached hydrogens (tertiary/aromatic N) is 5. The Morgan fingerprint density at radius 1 is 0.404 bits per heavy atom. The van der Waals surface area contributed by atoms with Crippen molar-refractivity contribution in [1.29, 1.82) is 0 Å². The first-order chi connectivity index (χ1) is 25.8. The second-order valence-corrected chi connectivity index (χ2v) is 13.3. The average Bonchev–Trinajstić information content (AvgIpc) is 3.72. The van der Waals surface area contributed by atoms with Gasteiger partial charge >= 0.3 is 0 Å². The number of hydrogen-bond donors (Lipinski definition) is 0. The van der Waals surface area contributed by atoms with E-state index in [2.05, 4.69) is 154 Å². The molecule has 4 heterocycles. The second-order valence-electron chi connectivity index (χ2n) is 13.3. The van der Waals surface area contributed by atoms with Crippen LogP contribution in [0.3, 0.4) is 0 Å². The minimum atomic E-state index is 0.796. The van der Waals surface area contributed by atoms with Crippen molar-refractivity contribution in [2.45, 2.75) is 0 Å². The number of benzene rings is 7. The van der Waals surface area contributed by atoms with Crippen LogP contribution in [-0.4, -0.2) is 24.1 Å². The van der Waals surface area contributed by atoms with Crippen LogP contribution in [-0.2, 0) is 0 Å². The molecule has 0 aliphatic carbocycles. The maximum atomic E-state index is 5.44. The highest BCUT2D eigenvalue weighted by molar-refractivity contribution is 6.25. The molecule has 11 rings (SSSR count). The van der Waals surface area contributed by atoms with Gasteiger partial charge in [0.1, 0.15) is 5.69 Å². The van der Waals surface area contributed by atoms with E-state index in [0.29, 0.717) is 0 Å². The summed E-state index contributed by atoms with van der Waals surface area (Å²) in [5.41, 5.74) is 11.3. The largest absolute Gasteiger partial charge is 0.309 e. The summed E-state index contributed by atoms with van der Waals surface area (Å²) in [6, 6.07) is 58.1. The molecule has 0 radical (unpaired) electrons. The minimum Gasteiger partial charge on any atom is -0.309 e. The maximum absolute atomic E-state index is 5.44. The number of pyridine rings is 1. The van der Waals surface area contributed by atoms with Gasteiger partial charge in [0, 0.05) is 45.2 Å². The third-order valence-corrected chi connectivity index (χ3v) is 10.4. The maximum Gasteiger partial charge on any atom is 0.165 e. The second kappa shape index (κ2) is 11.2. The van der Waals surface area contributed by atoms with Gasteiger partial charge in [0.2, 0.25) is 0 Å². The molecule has 0 atom stereocenters. The van der Waals surface area contributed by atoms with Crippen molar-refractivity contribution in [3.05, 3.63) is 176 Å². The zero-order valence-corrected chi connectivity index (χ0v) is 28.0. The molecule has 52 heavy (non-hydrogen) atoms. The van der Waals surface area contributed by atoms with E-state index in [1.165, 1.54) is 37.8 Å². The number of para-hydroxylation sites is 4. The van der Waals surface area contributed by atoms with Crippen molar-refractivity contribution in [3.63, 3.8) is 0 Å². The summed E-state index contributed by atoms with van der Waals surface area (Å²) >= 11 is 0. The van der Waals surface area contributed by atoms with Gasteiger partial charge < -0.3 is 4.57 Å². The fourth-order valence-electron chi connectivity index (χ4n) is 8.03. The topological polar surface area (TPSA) is 48.5 Å². The number of fused-ring (bicyclic) bond motifs is 9. The van der Waals surface area contributed by atoms with Crippen molar-refractivity contribution in [3.8, 4) is 33.9 Å². The van der Waals surface area contributed by atoms with E-state index in [-0.39, 0.29) is 0 Å². The van der Waals surface area contributed by atoms with Crippen molar-refractivity contribution >= 4 is 65.4 Å². The Morgan fingerprint density at radius 3 is 1.94 bits per heavy atom. The Balaban J connectivity index is 1.28. The van der Waals surface area contributed by atoms with Crippen molar-refractivity contribution < 1.29 is 0 Å². The normalized spacial score (nSPS) is 11.8. The van der Waals surface area contributed by atoms with E-state index < -0.39 is 0 Å². The first-order valence-corrected chi connectivity index (χ1v) is 17.5. The van der Waals surface area contributed by atoms with Crippen LogP contribution in [0.15, 0.2) is 176 Å². The molecule has 11 aromatic rings. The summed E-state index contributed by atoms with van der Waals surface area (Å²) in [6.07, 6.45) is 3.70. The molecule has 7 aromatic carbocycles. The highest BCUT2D eigenvalue weighted by Gasteiger charge is 2.23. The van der Waals surface area contributed by atoms with Gasteiger partial charge in [-0.2, -0.15) is 0 Å². The third kappa shape index (κ3) is 4.26. The summed E-state index contributed by atoms with van der Waals surface area (Å²) in [5, 5.41) is 7.25. The van der Waals surface area contributed by atoms with Crippen LogP contribution in [0.2, 0.25) is 0 Å². The van der Waals surface area contributed by atoms with Crippen LogP contribution in [0.4, 0.5) is 0 Å². The van der Waals surface area contributed by atoms with Crippen LogP contribution in [0, 0.1) is 0 Å². The molecule has 0 fully saturated rings. The lowest BCUT2D eigenvalue weighted by Crippen LogP contribution is -2.04. The molecule has 5 nitrogen and oxygen atoms in total. The fourth-order valence-corrected chi connectivity index (χ4v) is 8.03. The number of aromatic nitrogens is 5. The summed E-state index contributed by atoms with van der Waals surface area (Å²) in [6.45, 7) is 0. The lowest BCUT2D eigenvalue weighted by Gasteiger charge is -2.14. The molecule has 242 valence electrons. The van der Waals surface area contributed by atoms with Gasteiger partial charge in [0.05, 0.1) is 33.1 Å². The SMILES string of the molecule is c1ccc(-n2c3ccccc3c3cc4c5c6ccccc6ccc5n(-c5nc6ccccc6nc5-c5ccc(-c6cccnc6)cc5)c4cc32)cc1. The Kier molecular flexibility index (Phi) is 6.18. The van der Waals surface area contributed by atoms with Crippen molar-refractivity contribution in [2.24, 2.45) is 0 Å². The van der Waals surface area contributed by atoms with E-state index in [0.717, 1.165) is 61.5 Å². The van der Waals surface area contributed by atoms with Gasteiger partial charge in [-0.15, -0.1) is 0 Å². The molecule has 4 aromatic heterocycles. The minimum absolute atomic E-state index is 0.796. The van der Waals surface area contributed by atoms with Crippen molar-refractivity contribution in [1.82, 2.24) is 24.1 Å². The van der Waals surface area contributed by atoms with Crippen LogP contribution >= 0.6 is 0 Å². The number of rotatable bonds is 4. The van der Waals surface area contributed by atoms with E-state index in [1.54, 1.807) is 6.20 Å². The molecule has 0 aliphatic rings. The predicted octanol–water partition coefficient (Wildman–Crippen LogP) is 11.7. The van der Waals surface area contributed by atoms with Crippen LogP contribution in [0.25, 0.3) is 99.3 Å².